The third-order valence-corrected chi connectivity index (χ3v) is 3.77. The summed E-state index contributed by atoms with van der Waals surface area (Å²) in [6.45, 7) is 2.73. The Hall–Kier alpha value is -0.430. The molecule has 0 atom stereocenters. The van der Waals surface area contributed by atoms with Gasteiger partial charge in [0.2, 0.25) is 0 Å². The summed E-state index contributed by atoms with van der Waals surface area (Å²) < 4.78 is 5.73. The van der Waals surface area contributed by atoms with Gasteiger partial charge in [-0.15, -0.1) is 11.3 Å². The molecule has 0 aliphatic heterocycles. The van der Waals surface area contributed by atoms with Gasteiger partial charge in [0.1, 0.15) is 0 Å². The average Bonchev–Trinajstić information content (AvgIpc) is 2.54. The maximum atomic E-state index is 11.5. The molecule has 0 radical (unpaired) electrons. The first-order chi connectivity index (χ1) is 7.15. The lowest BCUT2D eigenvalue weighted by molar-refractivity contribution is 0.00914. The minimum Gasteiger partial charge on any atom is -0.382 e. The van der Waals surface area contributed by atoms with Gasteiger partial charge in [0, 0.05) is 7.11 Å². The van der Waals surface area contributed by atoms with Crippen LogP contribution in [0.1, 0.15) is 15.2 Å². The highest BCUT2D eigenvalue weighted by atomic mass is 79.9. The molecule has 0 spiro atoms. The van der Waals surface area contributed by atoms with E-state index in [1.54, 1.807) is 7.11 Å². The number of ether oxygens (including phenoxy) is 1. The second kappa shape index (κ2) is 6.22. The lowest BCUT2D eigenvalue weighted by atomic mass is 10.3. The molecule has 1 heterocycles. The average molecular weight is 294 g/mol. The number of aryl methyl sites for hydroxylation is 1. The van der Waals surface area contributed by atoms with Gasteiger partial charge in [0.15, 0.2) is 0 Å². The molecular weight excluding hydrogens is 282 g/mol. The van der Waals surface area contributed by atoms with Crippen LogP contribution in [-0.4, -0.2) is 26.2 Å². The Bertz CT molecular complexity index is 321. The Balaban J connectivity index is 2.40. The number of amides is 1. The molecule has 4 nitrogen and oxygen atoms in total. The van der Waals surface area contributed by atoms with Crippen molar-refractivity contribution < 1.29 is 14.4 Å². The molecule has 1 N–H and O–H groups in total. The normalized spacial score (nSPS) is 10.3. The van der Waals surface area contributed by atoms with Gasteiger partial charge < -0.3 is 4.74 Å². The van der Waals surface area contributed by atoms with Crippen LogP contribution >= 0.6 is 27.3 Å². The maximum absolute atomic E-state index is 11.5. The van der Waals surface area contributed by atoms with E-state index in [0.29, 0.717) is 18.1 Å². The van der Waals surface area contributed by atoms with Gasteiger partial charge in [-0.2, -0.15) is 0 Å². The number of carbonyl (C=O) groups excluding carboxylic acids is 1. The van der Waals surface area contributed by atoms with E-state index in [0.717, 1.165) is 9.35 Å². The summed E-state index contributed by atoms with van der Waals surface area (Å²) in [5.41, 5.74) is 3.39. The van der Waals surface area contributed by atoms with E-state index in [2.05, 4.69) is 21.4 Å². The Morgan fingerprint density at radius 1 is 1.60 bits per heavy atom. The highest BCUT2D eigenvalue weighted by Gasteiger charge is 2.10. The molecule has 0 aliphatic rings. The number of thiophene rings is 1. The fourth-order valence-electron chi connectivity index (χ4n) is 0.864. The van der Waals surface area contributed by atoms with E-state index < -0.39 is 0 Å². The minimum atomic E-state index is -0.232. The zero-order valence-electron chi connectivity index (χ0n) is 8.50. The Kier molecular flexibility index (Phi) is 5.24. The molecule has 1 amide bonds. The summed E-state index contributed by atoms with van der Waals surface area (Å²) in [5.74, 6) is -0.232. The van der Waals surface area contributed by atoms with Crippen LogP contribution in [0.25, 0.3) is 0 Å². The van der Waals surface area contributed by atoms with Crippen LogP contribution in [0.4, 0.5) is 0 Å². The third kappa shape index (κ3) is 3.90. The van der Waals surface area contributed by atoms with Crippen molar-refractivity contribution in [1.82, 2.24) is 5.48 Å². The van der Waals surface area contributed by atoms with E-state index in [9.17, 15) is 4.79 Å². The standard InChI is InChI=1S/C9H12BrNO3S/c1-6-5-7(15-8(6)10)9(12)11-14-4-3-13-2/h5H,3-4H2,1-2H3,(H,11,12). The predicted molar refractivity (Wildman–Crippen MR) is 62.1 cm³/mol. The zero-order chi connectivity index (χ0) is 11.3. The number of hydrogen-bond donors (Lipinski definition) is 1. The Labute approximate surface area is 101 Å². The van der Waals surface area contributed by atoms with Crippen LogP contribution in [0.3, 0.4) is 0 Å². The van der Waals surface area contributed by atoms with Crippen molar-refractivity contribution in [3.05, 3.63) is 20.3 Å². The minimum absolute atomic E-state index is 0.232. The molecule has 0 bridgehead atoms. The summed E-state index contributed by atoms with van der Waals surface area (Å²) >= 11 is 4.73. The first-order valence-electron chi connectivity index (χ1n) is 4.32. The van der Waals surface area contributed by atoms with E-state index >= 15 is 0 Å². The van der Waals surface area contributed by atoms with Crippen molar-refractivity contribution in [2.75, 3.05) is 20.3 Å². The predicted octanol–water partition coefficient (Wildman–Crippen LogP) is 2.13. The number of rotatable bonds is 5. The first-order valence-corrected chi connectivity index (χ1v) is 5.93. The fourth-order valence-corrected chi connectivity index (χ4v) is 2.28. The number of hydroxylamine groups is 1. The lowest BCUT2D eigenvalue weighted by Crippen LogP contribution is -2.24. The first kappa shape index (κ1) is 12.6. The third-order valence-electron chi connectivity index (χ3n) is 1.64. The van der Waals surface area contributed by atoms with E-state index in [4.69, 9.17) is 9.57 Å². The molecule has 0 saturated carbocycles. The molecule has 15 heavy (non-hydrogen) atoms. The maximum Gasteiger partial charge on any atom is 0.284 e. The summed E-state index contributed by atoms with van der Waals surface area (Å²) in [4.78, 5) is 17.0. The van der Waals surface area contributed by atoms with Gasteiger partial charge in [-0.1, -0.05) is 0 Å². The van der Waals surface area contributed by atoms with Gasteiger partial charge in [-0.3, -0.25) is 9.63 Å². The van der Waals surface area contributed by atoms with Crippen molar-refractivity contribution >= 4 is 33.2 Å². The van der Waals surface area contributed by atoms with Gasteiger partial charge in [-0.25, -0.2) is 5.48 Å². The molecule has 1 aromatic rings. The van der Waals surface area contributed by atoms with Crippen molar-refractivity contribution in [2.24, 2.45) is 0 Å². The zero-order valence-corrected chi connectivity index (χ0v) is 10.9. The molecule has 6 heteroatoms. The van der Waals surface area contributed by atoms with Crippen molar-refractivity contribution in [1.29, 1.82) is 0 Å². The lowest BCUT2D eigenvalue weighted by Gasteiger charge is -2.02. The topological polar surface area (TPSA) is 47.6 Å². The summed E-state index contributed by atoms with van der Waals surface area (Å²) in [7, 11) is 1.57. The van der Waals surface area contributed by atoms with Gasteiger partial charge in [0.05, 0.1) is 21.9 Å². The van der Waals surface area contributed by atoms with Crippen molar-refractivity contribution in [3.8, 4) is 0 Å². The van der Waals surface area contributed by atoms with Crippen LogP contribution in [0.15, 0.2) is 9.85 Å². The quantitative estimate of drug-likeness (QED) is 0.668. The fraction of sp³-hybridized carbons (Fsp3) is 0.444. The molecule has 1 rings (SSSR count). The molecular formula is C9H12BrNO3S. The van der Waals surface area contributed by atoms with Crippen molar-refractivity contribution in [2.45, 2.75) is 6.92 Å². The molecule has 1 aromatic heterocycles. The van der Waals surface area contributed by atoms with Crippen LogP contribution in [-0.2, 0) is 9.57 Å². The number of nitrogens with one attached hydrogen (secondary N) is 1. The highest BCUT2D eigenvalue weighted by molar-refractivity contribution is 9.11. The number of methoxy groups -OCH3 is 1. The summed E-state index contributed by atoms with van der Waals surface area (Å²) in [5, 5.41) is 0. The number of hydrogen-bond acceptors (Lipinski definition) is 4. The molecule has 0 aliphatic carbocycles. The van der Waals surface area contributed by atoms with Crippen LogP contribution in [0, 0.1) is 6.92 Å². The molecule has 0 unspecified atom stereocenters. The van der Waals surface area contributed by atoms with E-state index in [1.165, 1.54) is 11.3 Å². The smallest absolute Gasteiger partial charge is 0.284 e. The summed E-state index contributed by atoms with van der Waals surface area (Å²) in [6.07, 6.45) is 0. The van der Waals surface area contributed by atoms with Crippen LogP contribution in [0.5, 0.6) is 0 Å². The second-order valence-electron chi connectivity index (χ2n) is 2.84. The largest absolute Gasteiger partial charge is 0.382 e. The highest BCUT2D eigenvalue weighted by Crippen LogP contribution is 2.27. The van der Waals surface area contributed by atoms with Gasteiger partial charge in [0.25, 0.3) is 5.91 Å². The van der Waals surface area contributed by atoms with E-state index in [-0.39, 0.29) is 5.91 Å². The number of carbonyl (C=O) groups is 1. The second-order valence-corrected chi connectivity index (χ2v) is 5.21. The molecule has 0 fully saturated rings. The Morgan fingerprint density at radius 3 is 2.87 bits per heavy atom. The number of halogens is 1. The molecule has 0 aromatic carbocycles. The van der Waals surface area contributed by atoms with E-state index in [1.807, 2.05) is 13.0 Å². The molecule has 0 saturated heterocycles. The van der Waals surface area contributed by atoms with Gasteiger partial charge >= 0.3 is 0 Å². The van der Waals surface area contributed by atoms with Gasteiger partial charge in [-0.05, 0) is 34.5 Å². The summed E-state index contributed by atoms with van der Waals surface area (Å²) in [6, 6.07) is 1.81. The van der Waals surface area contributed by atoms with Crippen LogP contribution < -0.4 is 5.48 Å². The monoisotopic (exact) mass is 293 g/mol. The Morgan fingerprint density at radius 2 is 2.33 bits per heavy atom. The van der Waals surface area contributed by atoms with Crippen LogP contribution in [0.2, 0.25) is 0 Å². The SMILES string of the molecule is COCCONC(=O)c1cc(C)c(Br)s1. The molecule has 84 valence electrons. The van der Waals surface area contributed by atoms with Crippen molar-refractivity contribution in [3.63, 3.8) is 0 Å².